The van der Waals surface area contributed by atoms with E-state index in [4.69, 9.17) is 9.47 Å². The van der Waals surface area contributed by atoms with Gasteiger partial charge in [-0.25, -0.2) is 4.98 Å². The number of carbonyl (C=O) groups excluding carboxylic acids is 2. The number of ether oxygens (including phenoxy) is 2. The number of carbonyl (C=O) groups is 2. The van der Waals surface area contributed by atoms with Crippen LogP contribution in [0.5, 0.6) is 0 Å². The van der Waals surface area contributed by atoms with Crippen LogP contribution in [0.1, 0.15) is 36.8 Å². The molecule has 1 fully saturated rings. The van der Waals surface area contributed by atoms with Crippen LogP contribution < -0.4 is 10.2 Å². The Balaban J connectivity index is 1.55. The molecule has 154 valence electrons. The summed E-state index contributed by atoms with van der Waals surface area (Å²) in [5.41, 5.74) is 3.40. The van der Waals surface area contributed by atoms with Crippen LogP contribution in [0, 0.1) is 5.92 Å². The maximum atomic E-state index is 13.6. The van der Waals surface area contributed by atoms with Crippen molar-refractivity contribution in [3.8, 4) is 0 Å². The van der Waals surface area contributed by atoms with Crippen molar-refractivity contribution >= 4 is 34.6 Å². The number of anilines is 3. The molecule has 30 heavy (non-hydrogen) atoms. The molecule has 0 bridgehead atoms. The lowest BCUT2D eigenvalue weighted by atomic mass is 9.87. The standard InChI is InChI=1S/C23H23N3O4/c27-18-6-3-15(4-7-18)23(28)26-13-17-2-1-9-24-22(17)25-19-8-5-16(12-20(19)26)21-14-29-10-11-30-21/h1-2,5,8-9,12,14-15H,3-4,6-7,10-11,13H2,(H,24,25). The fourth-order valence-corrected chi connectivity index (χ4v) is 4.20. The number of nitrogens with zero attached hydrogens (tertiary/aromatic N) is 2. The van der Waals surface area contributed by atoms with E-state index in [2.05, 4.69) is 10.3 Å². The molecule has 1 N–H and O–H groups in total. The summed E-state index contributed by atoms with van der Waals surface area (Å²) in [6.07, 6.45) is 5.53. The first-order valence-electron chi connectivity index (χ1n) is 10.3. The first kappa shape index (κ1) is 18.7. The lowest BCUT2D eigenvalue weighted by Crippen LogP contribution is -2.37. The monoisotopic (exact) mass is 405 g/mol. The third kappa shape index (κ3) is 3.51. The zero-order valence-electron chi connectivity index (χ0n) is 16.6. The topological polar surface area (TPSA) is 80.8 Å². The fraction of sp³-hybridized carbons (Fsp3) is 0.348. The Hall–Kier alpha value is -3.35. The van der Waals surface area contributed by atoms with E-state index in [-0.39, 0.29) is 17.6 Å². The number of amides is 1. The van der Waals surface area contributed by atoms with Gasteiger partial charge in [0.2, 0.25) is 5.91 Å². The van der Waals surface area contributed by atoms with Crippen molar-refractivity contribution in [2.45, 2.75) is 32.2 Å². The minimum absolute atomic E-state index is 0.0502. The van der Waals surface area contributed by atoms with E-state index in [0.717, 1.165) is 28.3 Å². The summed E-state index contributed by atoms with van der Waals surface area (Å²) < 4.78 is 11.1. The van der Waals surface area contributed by atoms with Gasteiger partial charge in [0.15, 0.2) is 5.76 Å². The minimum Gasteiger partial charge on any atom is -0.494 e. The number of pyridine rings is 1. The van der Waals surface area contributed by atoms with Gasteiger partial charge in [-0.2, -0.15) is 0 Å². The number of aromatic nitrogens is 1. The van der Waals surface area contributed by atoms with Crippen molar-refractivity contribution in [3.63, 3.8) is 0 Å². The Morgan fingerprint density at radius 3 is 2.83 bits per heavy atom. The molecular formula is C23H23N3O4. The maximum absolute atomic E-state index is 13.6. The number of hydrogen-bond donors (Lipinski definition) is 1. The highest BCUT2D eigenvalue weighted by Crippen LogP contribution is 2.39. The van der Waals surface area contributed by atoms with Gasteiger partial charge >= 0.3 is 0 Å². The predicted molar refractivity (Wildman–Crippen MR) is 112 cm³/mol. The number of hydrogen-bond acceptors (Lipinski definition) is 6. The molecule has 3 aliphatic rings. The second-order valence-corrected chi connectivity index (χ2v) is 7.81. The van der Waals surface area contributed by atoms with Crippen LogP contribution in [0.25, 0.3) is 5.76 Å². The zero-order valence-corrected chi connectivity index (χ0v) is 16.6. The molecule has 2 aromatic rings. The molecule has 1 saturated carbocycles. The Bertz CT molecular complexity index is 1020. The van der Waals surface area contributed by atoms with Crippen LogP contribution in [0.2, 0.25) is 0 Å². The first-order valence-corrected chi connectivity index (χ1v) is 10.3. The highest BCUT2D eigenvalue weighted by Gasteiger charge is 2.32. The molecule has 5 rings (SSSR count). The van der Waals surface area contributed by atoms with E-state index >= 15 is 0 Å². The van der Waals surface area contributed by atoms with Gasteiger partial charge in [0.1, 0.15) is 31.1 Å². The largest absolute Gasteiger partial charge is 0.494 e. The highest BCUT2D eigenvalue weighted by molar-refractivity contribution is 6.00. The van der Waals surface area contributed by atoms with Crippen LogP contribution in [0.15, 0.2) is 42.8 Å². The number of Topliss-reactive ketones (excluding diaryl/α,β-unsaturated/α-hetero) is 1. The Morgan fingerprint density at radius 2 is 2.03 bits per heavy atom. The molecular weight excluding hydrogens is 382 g/mol. The number of nitrogens with one attached hydrogen (secondary N) is 1. The average molecular weight is 405 g/mol. The SMILES string of the molecule is O=C1CCC(C(=O)N2Cc3cccnc3Nc3ccc(C4=COCCO4)cc32)CC1. The van der Waals surface area contributed by atoms with Crippen molar-refractivity contribution in [3.05, 3.63) is 53.9 Å². The summed E-state index contributed by atoms with van der Waals surface area (Å²) in [4.78, 5) is 31.5. The van der Waals surface area contributed by atoms with E-state index < -0.39 is 0 Å². The van der Waals surface area contributed by atoms with Crippen molar-refractivity contribution in [1.29, 1.82) is 0 Å². The van der Waals surface area contributed by atoms with Gasteiger partial charge in [-0.05, 0) is 37.1 Å². The molecule has 0 spiro atoms. The van der Waals surface area contributed by atoms with Crippen LogP contribution in [0.3, 0.4) is 0 Å². The molecule has 0 radical (unpaired) electrons. The fourth-order valence-electron chi connectivity index (χ4n) is 4.20. The van der Waals surface area contributed by atoms with E-state index in [9.17, 15) is 9.59 Å². The van der Waals surface area contributed by atoms with Crippen molar-refractivity contribution in [2.24, 2.45) is 5.92 Å². The van der Waals surface area contributed by atoms with E-state index in [0.29, 0.717) is 51.2 Å². The summed E-state index contributed by atoms with van der Waals surface area (Å²) in [6.45, 7) is 1.45. The molecule has 7 nitrogen and oxygen atoms in total. The van der Waals surface area contributed by atoms with E-state index in [1.807, 2.05) is 35.2 Å². The highest BCUT2D eigenvalue weighted by atomic mass is 16.6. The number of ketones is 1. The molecule has 7 heteroatoms. The predicted octanol–water partition coefficient (Wildman–Crippen LogP) is 3.78. The summed E-state index contributed by atoms with van der Waals surface area (Å²) in [5.74, 6) is 1.55. The molecule has 0 unspecified atom stereocenters. The van der Waals surface area contributed by atoms with Crippen molar-refractivity contribution in [2.75, 3.05) is 23.4 Å². The molecule has 1 amide bonds. The second-order valence-electron chi connectivity index (χ2n) is 7.81. The average Bonchev–Trinajstić information content (AvgIpc) is 2.96. The summed E-state index contributed by atoms with van der Waals surface area (Å²) in [5, 5.41) is 3.38. The Morgan fingerprint density at radius 1 is 1.17 bits per heavy atom. The summed E-state index contributed by atoms with van der Waals surface area (Å²) >= 11 is 0. The Kier molecular flexibility index (Phi) is 4.86. The second kappa shape index (κ2) is 7.82. The van der Waals surface area contributed by atoms with Crippen LogP contribution in [-0.2, 0) is 25.6 Å². The first-order chi connectivity index (χ1) is 14.7. The summed E-state index contributed by atoms with van der Waals surface area (Å²) in [6, 6.07) is 9.70. The quantitative estimate of drug-likeness (QED) is 0.819. The third-order valence-corrected chi connectivity index (χ3v) is 5.85. The third-order valence-electron chi connectivity index (χ3n) is 5.85. The minimum atomic E-state index is -0.147. The lowest BCUT2D eigenvalue weighted by Gasteiger charge is -2.29. The molecule has 3 heterocycles. The zero-order chi connectivity index (χ0) is 20.5. The Labute approximate surface area is 174 Å². The number of rotatable bonds is 2. The van der Waals surface area contributed by atoms with Gasteiger partial charge < -0.3 is 19.7 Å². The number of fused-ring (bicyclic) bond motifs is 2. The molecule has 0 atom stereocenters. The lowest BCUT2D eigenvalue weighted by molar-refractivity contribution is -0.126. The maximum Gasteiger partial charge on any atom is 0.230 e. The van der Waals surface area contributed by atoms with Gasteiger partial charge in [-0.1, -0.05) is 6.07 Å². The summed E-state index contributed by atoms with van der Waals surface area (Å²) in [7, 11) is 0. The molecule has 2 aliphatic heterocycles. The van der Waals surface area contributed by atoms with Gasteiger partial charge in [0, 0.05) is 36.1 Å². The van der Waals surface area contributed by atoms with Gasteiger partial charge in [0.25, 0.3) is 0 Å². The molecule has 1 aliphatic carbocycles. The van der Waals surface area contributed by atoms with Gasteiger partial charge in [0.05, 0.1) is 17.9 Å². The van der Waals surface area contributed by atoms with Crippen LogP contribution in [-0.4, -0.2) is 29.9 Å². The molecule has 1 aromatic carbocycles. The smallest absolute Gasteiger partial charge is 0.230 e. The molecule has 0 saturated heterocycles. The van der Waals surface area contributed by atoms with Gasteiger partial charge in [-0.15, -0.1) is 0 Å². The normalized spacial score (nSPS) is 18.7. The van der Waals surface area contributed by atoms with Crippen molar-refractivity contribution in [1.82, 2.24) is 4.98 Å². The van der Waals surface area contributed by atoms with Gasteiger partial charge in [-0.3, -0.25) is 9.59 Å². The van der Waals surface area contributed by atoms with Crippen LogP contribution in [0.4, 0.5) is 17.2 Å². The van der Waals surface area contributed by atoms with Crippen molar-refractivity contribution < 1.29 is 19.1 Å². The van der Waals surface area contributed by atoms with E-state index in [1.54, 1.807) is 12.5 Å². The van der Waals surface area contributed by atoms with E-state index in [1.165, 1.54) is 0 Å². The molecule has 1 aromatic heterocycles. The number of benzene rings is 1. The van der Waals surface area contributed by atoms with Crippen LogP contribution >= 0.6 is 0 Å².